The highest BCUT2D eigenvalue weighted by atomic mass is 14.2. The van der Waals surface area contributed by atoms with Gasteiger partial charge in [-0.3, -0.25) is 0 Å². The Morgan fingerprint density at radius 2 is 1.83 bits per heavy atom. The van der Waals surface area contributed by atoms with E-state index in [1.165, 1.54) is 0 Å². The van der Waals surface area contributed by atoms with Gasteiger partial charge in [0.25, 0.3) is 0 Å². The summed E-state index contributed by atoms with van der Waals surface area (Å²) in [5.74, 6) is 0. The molecule has 1 heteroatoms. The summed E-state index contributed by atoms with van der Waals surface area (Å²) in [5.41, 5.74) is 1.62. The smallest absolute Gasteiger partial charge is 0.0985 e. The molecule has 0 amide bonds. The second-order valence-electron chi connectivity index (χ2n) is 2.00. The summed E-state index contributed by atoms with van der Waals surface area (Å²) in [5, 5.41) is 8.30. The van der Waals surface area contributed by atoms with E-state index >= 15 is 0 Å². The van der Waals surface area contributed by atoms with Crippen LogP contribution < -0.4 is 0 Å². The summed E-state index contributed by atoms with van der Waals surface area (Å²) in [4.78, 5) is 0. The lowest BCUT2D eigenvalue weighted by Crippen LogP contribution is -1.68. The first-order valence-corrected chi connectivity index (χ1v) is 4.10. The quantitative estimate of drug-likeness (QED) is 0.450. The normalized spacial score (nSPS) is 10.1. The van der Waals surface area contributed by atoms with Gasteiger partial charge in [-0.1, -0.05) is 38.2 Å². The molecule has 0 aromatic rings. The Kier molecular flexibility index (Phi) is 10.8. The summed E-state index contributed by atoms with van der Waals surface area (Å²) < 4.78 is 0. The van der Waals surface area contributed by atoms with E-state index in [1.54, 1.807) is 6.08 Å². The van der Waals surface area contributed by atoms with Crippen molar-refractivity contribution in [3.05, 3.63) is 36.0 Å². The van der Waals surface area contributed by atoms with Gasteiger partial charge in [-0.05, 0) is 19.9 Å². The molecule has 0 aliphatic carbocycles. The lowest BCUT2D eigenvalue weighted by Gasteiger charge is -1.85. The summed E-state index contributed by atoms with van der Waals surface area (Å²) in [6.07, 6.45) is 5.54. The number of rotatable bonds is 2. The van der Waals surface area contributed by atoms with E-state index in [9.17, 15) is 0 Å². The fourth-order valence-corrected chi connectivity index (χ4v) is 0.366. The number of nitriles is 1. The topological polar surface area (TPSA) is 23.8 Å². The second kappa shape index (κ2) is 9.71. The molecule has 0 aliphatic heterocycles. The third-order valence-corrected chi connectivity index (χ3v) is 1.15. The van der Waals surface area contributed by atoms with E-state index in [1.807, 2.05) is 45.9 Å². The van der Waals surface area contributed by atoms with Crippen molar-refractivity contribution in [1.29, 1.82) is 5.26 Å². The molecular weight excluding hydrogens is 146 g/mol. The van der Waals surface area contributed by atoms with Crippen molar-refractivity contribution in [1.82, 2.24) is 0 Å². The van der Waals surface area contributed by atoms with E-state index in [2.05, 4.69) is 6.58 Å². The Balaban J connectivity index is 0. The predicted octanol–water partition coefficient (Wildman–Crippen LogP) is 3.61. The monoisotopic (exact) mass is 163 g/mol. The van der Waals surface area contributed by atoms with Crippen LogP contribution in [0.15, 0.2) is 36.0 Å². The Morgan fingerprint density at radius 3 is 2.17 bits per heavy atom. The molecule has 0 rings (SSSR count). The SMILES string of the molecule is C=C(C#N)/C=C\C(C)=C/C.CC. The molecule has 0 saturated heterocycles. The molecule has 12 heavy (non-hydrogen) atoms. The maximum Gasteiger partial charge on any atom is 0.0985 e. The van der Waals surface area contributed by atoms with E-state index in [4.69, 9.17) is 5.26 Å². The fourth-order valence-electron chi connectivity index (χ4n) is 0.366. The van der Waals surface area contributed by atoms with Gasteiger partial charge in [0.2, 0.25) is 0 Å². The van der Waals surface area contributed by atoms with Crippen LogP contribution in [0.5, 0.6) is 0 Å². The van der Waals surface area contributed by atoms with Crippen molar-refractivity contribution in [2.24, 2.45) is 0 Å². The first kappa shape index (κ1) is 13.3. The molecule has 0 atom stereocenters. The maximum atomic E-state index is 8.30. The Bertz CT molecular complexity index is 214. The van der Waals surface area contributed by atoms with Gasteiger partial charge in [-0.15, -0.1) is 0 Å². The minimum Gasteiger partial charge on any atom is -0.192 e. The number of hydrogen-bond acceptors (Lipinski definition) is 1. The van der Waals surface area contributed by atoms with Crippen LogP contribution in [-0.4, -0.2) is 0 Å². The van der Waals surface area contributed by atoms with Gasteiger partial charge < -0.3 is 0 Å². The van der Waals surface area contributed by atoms with Gasteiger partial charge in [-0.25, -0.2) is 0 Å². The average Bonchev–Trinajstić information content (AvgIpc) is 2.16. The van der Waals surface area contributed by atoms with E-state index in [-0.39, 0.29) is 0 Å². The molecule has 66 valence electrons. The molecule has 0 saturated carbocycles. The summed E-state index contributed by atoms with van der Waals surface area (Å²) in [6, 6.07) is 1.94. The van der Waals surface area contributed by atoms with Gasteiger partial charge in [0.05, 0.1) is 6.07 Å². The fraction of sp³-hybridized carbons (Fsp3) is 0.364. The first-order chi connectivity index (χ1) is 5.70. The van der Waals surface area contributed by atoms with Gasteiger partial charge in [0.15, 0.2) is 0 Å². The molecule has 1 nitrogen and oxygen atoms in total. The summed E-state index contributed by atoms with van der Waals surface area (Å²) >= 11 is 0. The largest absolute Gasteiger partial charge is 0.192 e. The summed E-state index contributed by atoms with van der Waals surface area (Å²) in [7, 11) is 0. The van der Waals surface area contributed by atoms with Crippen LogP contribution in [0.4, 0.5) is 0 Å². The van der Waals surface area contributed by atoms with Crippen molar-refractivity contribution >= 4 is 0 Å². The van der Waals surface area contributed by atoms with Gasteiger partial charge >= 0.3 is 0 Å². The zero-order chi connectivity index (χ0) is 9.98. The minimum absolute atomic E-state index is 0.487. The molecule has 0 heterocycles. The van der Waals surface area contributed by atoms with Crippen LogP contribution in [0.2, 0.25) is 0 Å². The molecule has 0 radical (unpaired) electrons. The summed E-state index contributed by atoms with van der Waals surface area (Å²) in [6.45, 7) is 11.4. The third kappa shape index (κ3) is 8.71. The Morgan fingerprint density at radius 1 is 1.33 bits per heavy atom. The van der Waals surface area contributed by atoms with Crippen LogP contribution in [0.25, 0.3) is 0 Å². The van der Waals surface area contributed by atoms with Gasteiger partial charge in [0.1, 0.15) is 0 Å². The maximum absolute atomic E-state index is 8.30. The molecular formula is C11H17N. The molecule has 0 aromatic heterocycles. The van der Waals surface area contributed by atoms with Crippen LogP contribution in [0.3, 0.4) is 0 Å². The zero-order valence-electron chi connectivity index (χ0n) is 8.39. The van der Waals surface area contributed by atoms with Crippen LogP contribution in [0, 0.1) is 11.3 Å². The predicted molar refractivity (Wildman–Crippen MR) is 54.7 cm³/mol. The van der Waals surface area contributed by atoms with Crippen molar-refractivity contribution in [2.75, 3.05) is 0 Å². The molecule has 0 spiro atoms. The van der Waals surface area contributed by atoms with Crippen molar-refractivity contribution in [3.63, 3.8) is 0 Å². The standard InChI is InChI=1S/C9H11N.C2H6/c1-4-8(2)5-6-9(3)7-10;1-2/h4-6H,3H2,1-2H3;1-2H3/b6-5-,8-4-;. The first-order valence-electron chi connectivity index (χ1n) is 4.10. The third-order valence-electron chi connectivity index (χ3n) is 1.15. The highest BCUT2D eigenvalue weighted by Crippen LogP contribution is 1.97. The minimum atomic E-state index is 0.487. The molecule has 0 fully saturated rings. The molecule has 0 aliphatic rings. The molecule has 0 unspecified atom stereocenters. The number of nitrogens with zero attached hydrogens (tertiary/aromatic N) is 1. The lowest BCUT2D eigenvalue weighted by atomic mass is 10.2. The average molecular weight is 163 g/mol. The Hall–Kier alpha value is -1.29. The van der Waals surface area contributed by atoms with Crippen molar-refractivity contribution in [2.45, 2.75) is 27.7 Å². The van der Waals surface area contributed by atoms with E-state index in [0.29, 0.717) is 5.57 Å². The van der Waals surface area contributed by atoms with E-state index < -0.39 is 0 Å². The molecule has 0 aromatic carbocycles. The van der Waals surface area contributed by atoms with Crippen LogP contribution in [-0.2, 0) is 0 Å². The van der Waals surface area contributed by atoms with Gasteiger partial charge in [0, 0.05) is 5.57 Å². The van der Waals surface area contributed by atoms with Gasteiger partial charge in [-0.2, -0.15) is 5.26 Å². The second-order valence-corrected chi connectivity index (χ2v) is 2.00. The number of allylic oxidation sites excluding steroid dienone is 5. The molecule has 0 N–H and O–H groups in total. The number of hydrogen-bond donors (Lipinski definition) is 0. The highest BCUT2D eigenvalue weighted by molar-refractivity contribution is 5.33. The van der Waals surface area contributed by atoms with Crippen LogP contribution >= 0.6 is 0 Å². The van der Waals surface area contributed by atoms with Crippen LogP contribution in [0.1, 0.15) is 27.7 Å². The molecule has 0 bridgehead atoms. The van der Waals surface area contributed by atoms with Crippen molar-refractivity contribution in [3.8, 4) is 6.07 Å². The lowest BCUT2D eigenvalue weighted by molar-refractivity contribution is 1.46. The zero-order valence-corrected chi connectivity index (χ0v) is 8.39. The Labute approximate surface area is 75.7 Å². The highest BCUT2D eigenvalue weighted by Gasteiger charge is 1.80. The van der Waals surface area contributed by atoms with Crippen molar-refractivity contribution < 1.29 is 0 Å². The van der Waals surface area contributed by atoms with E-state index in [0.717, 1.165) is 5.57 Å².